The Morgan fingerprint density at radius 1 is 1.25 bits per heavy atom. The van der Waals surface area contributed by atoms with E-state index in [1.165, 1.54) is 44.5 Å². The van der Waals surface area contributed by atoms with Crippen LogP contribution in [-0.4, -0.2) is 36.6 Å². The van der Waals surface area contributed by atoms with Crippen LogP contribution in [0.3, 0.4) is 0 Å². The zero-order chi connectivity index (χ0) is 10.8. The van der Waals surface area contributed by atoms with Crippen LogP contribution >= 0.6 is 0 Å². The lowest BCUT2D eigenvalue weighted by Crippen LogP contribution is -2.54. The lowest BCUT2D eigenvalue weighted by atomic mass is 10.0. The minimum absolute atomic E-state index is 0.650. The molecule has 0 bridgehead atoms. The fourth-order valence-electron chi connectivity index (χ4n) is 3.05. The van der Waals surface area contributed by atoms with Crippen LogP contribution in [0.15, 0.2) is 30.3 Å². The summed E-state index contributed by atoms with van der Waals surface area (Å²) in [7, 11) is 0. The number of hydrogen-bond donors (Lipinski definition) is 1. The van der Waals surface area contributed by atoms with Gasteiger partial charge in [-0.2, -0.15) is 0 Å². The predicted molar refractivity (Wildman–Crippen MR) is 66.5 cm³/mol. The summed E-state index contributed by atoms with van der Waals surface area (Å²) < 4.78 is 0. The van der Waals surface area contributed by atoms with E-state index in [-0.39, 0.29) is 0 Å². The van der Waals surface area contributed by atoms with Gasteiger partial charge in [-0.1, -0.05) is 30.3 Å². The number of hydrogen-bond acceptors (Lipinski definition) is 2. The molecule has 1 aromatic rings. The van der Waals surface area contributed by atoms with Gasteiger partial charge < -0.3 is 5.32 Å². The van der Waals surface area contributed by atoms with Gasteiger partial charge in [0.15, 0.2) is 0 Å². The molecular formula is C14H20N2. The molecular weight excluding hydrogens is 196 g/mol. The third kappa shape index (κ3) is 2.13. The number of rotatable bonds is 2. The second-order valence-corrected chi connectivity index (χ2v) is 5.09. The molecule has 2 aliphatic rings. The Balaban J connectivity index is 1.60. The van der Waals surface area contributed by atoms with Gasteiger partial charge in [0.05, 0.1) is 0 Å². The minimum atomic E-state index is 0.650. The van der Waals surface area contributed by atoms with Crippen LogP contribution in [0.1, 0.15) is 18.4 Å². The molecule has 2 aliphatic heterocycles. The summed E-state index contributed by atoms with van der Waals surface area (Å²) in [5, 5.41) is 3.70. The number of fused-ring (bicyclic) bond motifs is 1. The van der Waals surface area contributed by atoms with Crippen LogP contribution < -0.4 is 5.32 Å². The molecule has 3 rings (SSSR count). The van der Waals surface area contributed by atoms with Crippen molar-refractivity contribution in [2.24, 2.45) is 0 Å². The number of benzene rings is 1. The number of piperazine rings is 1. The van der Waals surface area contributed by atoms with E-state index >= 15 is 0 Å². The van der Waals surface area contributed by atoms with E-state index < -0.39 is 0 Å². The summed E-state index contributed by atoms with van der Waals surface area (Å²) in [6.45, 7) is 3.74. The first-order valence-corrected chi connectivity index (χ1v) is 6.43. The first kappa shape index (κ1) is 10.3. The highest BCUT2D eigenvalue weighted by Gasteiger charge is 2.30. The van der Waals surface area contributed by atoms with Crippen molar-refractivity contribution in [2.45, 2.75) is 31.3 Å². The first-order valence-electron chi connectivity index (χ1n) is 6.43. The van der Waals surface area contributed by atoms with Gasteiger partial charge >= 0.3 is 0 Å². The highest BCUT2D eigenvalue weighted by Crippen LogP contribution is 2.20. The van der Waals surface area contributed by atoms with E-state index in [0.29, 0.717) is 6.04 Å². The SMILES string of the molecule is c1ccc(C[C@@H]2CN3CCC[C@H]3CN2)cc1. The summed E-state index contributed by atoms with van der Waals surface area (Å²) in [4.78, 5) is 2.67. The monoisotopic (exact) mass is 216 g/mol. The van der Waals surface area contributed by atoms with Crippen LogP contribution in [0.25, 0.3) is 0 Å². The van der Waals surface area contributed by atoms with Crippen LogP contribution in [0.4, 0.5) is 0 Å². The van der Waals surface area contributed by atoms with Gasteiger partial charge in [-0.05, 0) is 31.4 Å². The van der Waals surface area contributed by atoms with Crippen molar-refractivity contribution in [3.05, 3.63) is 35.9 Å². The highest BCUT2D eigenvalue weighted by atomic mass is 15.2. The standard InChI is InChI=1S/C14H20N2/c1-2-5-12(6-3-1)9-13-11-16-8-4-7-14(16)10-15-13/h1-3,5-6,13-15H,4,7-11H2/t13-,14+/m1/s1. The van der Waals surface area contributed by atoms with Crippen molar-refractivity contribution in [3.63, 3.8) is 0 Å². The van der Waals surface area contributed by atoms with Crippen LogP contribution in [-0.2, 0) is 6.42 Å². The Labute approximate surface area is 97.6 Å². The predicted octanol–water partition coefficient (Wildman–Crippen LogP) is 1.67. The molecule has 0 unspecified atom stereocenters. The van der Waals surface area contributed by atoms with Crippen molar-refractivity contribution < 1.29 is 0 Å². The second kappa shape index (κ2) is 4.56. The Morgan fingerprint density at radius 3 is 3.00 bits per heavy atom. The molecule has 2 saturated heterocycles. The Morgan fingerprint density at radius 2 is 2.12 bits per heavy atom. The third-order valence-electron chi connectivity index (χ3n) is 3.92. The molecule has 0 saturated carbocycles. The largest absolute Gasteiger partial charge is 0.311 e. The average Bonchev–Trinajstić information content (AvgIpc) is 2.77. The summed E-state index contributed by atoms with van der Waals surface area (Å²) in [5.74, 6) is 0. The number of nitrogens with zero attached hydrogens (tertiary/aromatic N) is 1. The van der Waals surface area contributed by atoms with Gasteiger partial charge in [-0.25, -0.2) is 0 Å². The molecule has 2 heterocycles. The summed E-state index contributed by atoms with van der Waals surface area (Å²) in [6.07, 6.45) is 3.96. The molecule has 16 heavy (non-hydrogen) atoms. The third-order valence-corrected chi connectivity index (χ3v) is 3.92. The molecule has 2 fully saturated rings. The fraction of sp³-hybridized carbons (Fsp3) is 0.571. The van der Waals surface area contributed by atoms with Crippen LogP contribution in [0, 0.1) is 0 Å². The van der Waals surface area contributed by atoms with E-state index in [1.807, 2.05) is 0 Å². The van der Waals surface area contributed by atoms with Crippen molar-refractivity contribution in [2.75, 3.05) is 19.6 Å². The maximum Gasteiger partial charge on any atom is 0.0236 e. The van der Waals surface area contributed by atoms with Gasteiger partial charge in [0.2, 0.25) is 0 Å². The van der Waals surface area contributed by atoms with E-state index in [2.05, 4.69) is 40.5 Å². The molecule has 0 aliphatic carbocycles. The quantitative estimate of drug-likeness (QED) is 0.809. The molecule has 0 amide bonds. The summed E-state index contributed by atoms with van der Waals surface area (Å²) in [5.41, 5.74) is 1.46. The molecule has 2 heteroatoms. The lowest BCUT2D eigenvalue weighted by molar-refractivity contribution is 0.172. The van der Waals surface area contributed by atoms with Crippen LogP contribution in [0.5, 0.6) is 0 Å². The fourth-order valence-corrected chi connectivity index (χ4v) is 3.05. The second-order valence-electron chi connectivity index (χ2n) is 5.09. The minimum Gasteiger partial charge on any atom is -0.311 e. The lowest BCUT2D eigenvalue weighted by Gasteiger charge is -2.36. The molecule has 2 nitrogen and oxygen atoms in total. The van der Waals surface area contributed by atoms with E-state index in [4.69, 9.17) is 0 Å². The van der Waals surface area contributed by atoms with Gasteiger partial charge in [0.25, 0.3) is 0 Å². The average molecular weight is 216 g/mol. The number of nitrogens with one attached hydrogen (secondary N) is 1. The van der Waals surface area contributed by atoms with Crippen molar-refractivity contribution in [3.8, 4) is 0 Å². The van der Waals surface area contributed by atoms with Crippen LogP contribution in [0.2, 0.25) is 0 Å². The van der Waals surface area contributed by atoms with Crippen molar-refractivity contribution in [1.82, 2.24) is 10.2 Å². The molecule has 1 N–H and O–H groups in total. The Kier molecular flexibility index (Phi) is 2.94. The molecule has 1 aromatic carbocycles. The van der Waals surface area contributed by atoms with Gasteiger partial charge in [0.1, 0.15) is 0 Å². The van der Waals surface area contributed by atoms with Gasteiger partial charge in [0, 0.05) is 25.2 Å². The van der Waals surface area contributed by atoms with Gasteiger partial charge in [-0.3, -0.25) is 4.90 Å². The normalized spacial score (nSPS) is 30.2. The van der Waals surface area contributed by atoms with E-state index in [9.17, 15) is 0 Å². The zero-order valence-corrected chi connectivity index (χ0v) is 9.73. The molecule has 0 radical (unpaired) electrons. The topological polar surface area (TPSA) is 15.3 Å². The maximum atomic E-state index is 3.70. The smallest absolute Gasteiger partial charge is 0.0236 e. The first-order chi connectivity index (χ1) is 7.92. The maximum absolute atomic E-state index is 3.70. The highest BCUT2D eigenvalue weighted by molar-refractivity contribution is 5.16. The van der Waals surface area contributed by atoms with Crippen molar-refractivity contribution in [1.29, 1.82) is 0 Å². The molecule has 0 spiro atoms. The van der Waals surface area contributed by atoms with Crippen molar-refractivity contribution >= 4 is 0 Å². The Bertz CT molecular complexity index is 336. The van der Waals surface area contributed by atoms with Gasteiger partial charge in [-0.15, -0.1) is 0 Å². The zero-order valence-electron chi connectivity index (χ0n) is 9.73. The van der Waals surface area contributed by atoms with E-state index in [0.717, 1.165) is 6.04 Å². The molecule has 0 aromatic heterocycles. The molecule has 2 atom stereocenters. The van der Waals surface area contributed by atoms with E-state index in [1.54, 1.807) is 0 Å². The Hall–Kier alpha value is -0.860. The summed E-state index contributed by atoms with van der Waals surface area (Å²) >= 11 is 0. The summed E-state index contributed by atoms with van der Waals surface area (Å²) in [6, 6.07) is 12.3. The molecule has 86 valence electrons.